The first-order valence-corrected chi connectivity index (χ1v) is 12.2. The maximum atomic E-state index is 15.1. The predicted octanol–water partition coefficient (Wildman–Crippen LogP) is 3.82. The number of carbonyl (C=O) groups excluding carboxylic acids is 1. The number of hydrogen-bond donors (Lipinski definition) is 4. The van der Waals surface area contributed by atoms with Crippen LogP contribution in [0.25, 0.3) is 0 Å². The molecule has 1 saturated carbocycles. The van der Waals surface area contributed by atoms with Gasteiger partial charge in [0.25, 0.3) is 16.1 Å². The maximum Gasteiger partial charge on any atom is 0.300 e. The molecule has 0 radical (unpaired) electrons. The summed E-state index contributed by atoms with van der Waals surface area (Å²) in [7, 11) is -3.00. The first-order chi connectivity index (χ1) is 17.0. The summed E-state index contributed by atoms with van der Waals surface area (Å²) in [6, 6.07) is 6.37. The largest absolute Gasteiger partial charge is 0.366 e. The van der Waals surface area contributed by atoms with E-state index < -0.39 is 68.4 Å². The molecule has 13 heteroatoms. The van der Waals surface area contributed by atoms with E-state index in [2.05, 4.69) is 10.3 Å². The van der Waals surface area contributed by atoms with Crippen LogP contribution in [-0.4, -0.2) is 26.4 Å². The Kier molecular flexibility index (Phi) is 6.87. The fourth-order valence-electron chi connectivity index (χ4n) is 3.64. The quantitative estimate of drug-likeness (QED) is 0.317. The van der Waals surface area contributed by atoms with Gasteiger partial charge >= 0.3 is 0 Å². The van der Waals surface area contributed by atoms with E-state index in [9.17, 15) is 22.0 Å². The van der Waals surface area contributed by atoms with Gasteiger partial charge in [-0.15, -0.1) is 0 Å². The third-order valence-electron chi connectivity index (χ3n) is 5.70. The molecule has 0 spiro atoms. The number of pyridine rings is 1. The zero-order valence-electron chi connectivity index (χ0n) is 18.8. The van der Waals surface area contributed by atoms with Gasteiger partial charge in [0.2, 0.25) is 0 Å². The van der Waals surface area contributed by atoms with Crippen LogP contribution < -0.4 is 20.5 Å². The predicted molar refractivity (Wildman–Crippen MR) is 125 cm³/mol. The molecule has 0 bridgehead atoms. The lowest BCUT2D eigenvalue weighted by molar-refractivity contribution is 0.100. The molecule has 1 fully saturated rings. The number of rotatable bonds is 9. The van der Waals surface area contributed by atoms with Crippen LogP contribution in [-0.2, 0) is 16.6 Å². The Morgan fingerprint density at radius 1 is 1.06 bits per heavy atom. The highest BCUT2D eigenvalue weighted by Crippen LogP contribution is 2.41. The van der Waals surface area contributed by atoms with E-state index in [1.54, 1.807) is 6.07 Å². The van der Waals surface area contributed by atoms with Crippen molar-refractivity contribution in [2.75, 3.05) is 17.1 Å². The second kappa shape index (κ2) is 9.74. The Morgan fingerprint density at radius 3 is 2.39 bits per heavy atom. The van der Waals surface area contributed by atoms with Crippen molar-refractivity contribution in [1.29, 1.82) is 0 Å². The van der Waals surface area contributed by atoms with E-state index in [4.69, 9.17) is 5.73 Å². The highest BCUT2D eigenvalue weighted by molar-refractivity contribution is 7.90. The zero-order valence-corrected chi connectivity index (χ0v) is 19.6. The van der Waals surface area contributed by atoms with Gasteiger partial charge in [0.1, 0.15) is 5.82 Å². The summed E-state index contributed by atoms with van der Waals surface area (Å²) in [4.78, 5) is 15.7. The van der Waals surface area contributed by atoms with Gasteiger partial charge < -0.3 is 11.1 Å². The van der Waals surface area contributed by atoms with E-state index >= 15 is 8.78 Å². The fraction of sp³-hybridized carbons (Fsp3) is 0.217. The molecule has 4 rings (SSSR count). The Labute approximate surface area is 204 Å². The van der Waals surface area contributed by atoms with Crippen molar-refractivity contribution in [1.82, 2.24) is 9.71 Å². The topological polar surface area (TPSA) is 126 Å². The van der Waals surface area contributed by atoms with E-state index in [0.717, 1.165) is 43.8 Å². The first-order valence-electron chi connectivity index (χ1n) is 10.7. The van der Waals surface area contributed by atoms with Gasteiger partial charge in [0, 0.05) is 19.7 Å². The molecule has 1 amide bonds. The van der Waals surface area contributed by atoms with E-state index in [0.29, 0.717) is 0 Å². The van der Waals surface area contributed by atoms with E-state index in [1.807, 2.05) is 9.44 Å². The minimum absolute atomic E-state index is 0.186. The van der Waals surface area contributed by atoms with Crippen LogP contribution >= 0.6 is 0 Å². The molecule has 8 nitrogen and oxygen atoms in total. The smallest absolute Gasteiger partial charge is 0.300 e. The highest BCUT2D eigenvalue weighted by Gasteiger charge is 2.26. The van der Waals surface area contributed by atoms with Crippen molar-refractivity contribution in [2.24, 2.45) is 5.73 Å². The lowest BCUT2D eigenvalue weighted by Gasteiger charge is -2.16. The number of nitrogens with one attached hydrogen (secondary N) is 3. The van der Waals surface area contributed by atoms with Gasteiger partial charge in [0.05, 0.1) is 16.9 Å². The summed E-state index contributed by atoms with van der Waals surface area (Å²) < 4.78 is 86.6. The molecule has 5 N–H and O–H groups in total. The number of nitrogens with zero attached hydrogens (tertiary/aromatic N) is 1. The SMILES string of the molecule is CNS(=O)(=O)Nc1nccc(Cc2cc(C(N)=O)c(Nc3ccc(C4CC4)cc3F)c(F)c2F)c1F. The molecule has 190 valence electrons. The molecular formula is C23H21F4N5O3S. The summed E-state index contributed by atoms with van der Waals surface area (Å²) in [5.41, 5.74) is 4.13. The van der Waals surface area contributed by atoms with Crippen LogP contribution in [0.4, 0.5) is 34.8 Å². The number of hydrogen-bond acceptors (Lipinski definition) is 5. The van der Waals surface area contributed by atoms with Crippen LogP contribution in [0.2, 0.25) is 0 Å². The van der Waals surface area contributed by atoms with Crippen LogP contribution in [0.5, 0.6) is 0 Å². The highest BCUT2D eigenvalue weighted by atomic mass is 32.2. The number of nitrogens with two attached hydrogens (primary N) is 1. The molecule has 1 aromatic heterocycles. The molecule has 1 aliphatic carbocycles. The average molecular weight is 524 g/mol. The number of halogens is 4. The van der Waals surface area contributed by atoms with E-state index in [1.165, 1.54) is 12.1 Å². The fourth-order valence-corrected chi connectivity index (χ4v) is 4.14. The van der Waals surface area contributed by atoms with Crippen LogP contribution in [0.3, 0.4) is 0 Å². The van der Waals surface area contributed by atoms with Crippen LogP contribution in [0.15, 0.2) is 36.5 Å². The van der Waals surface area contributed by atoms with Crippen LogP contribution in [0, 0.1) is 23.3 Å². The summed E-state index contributed by atoms with van der Waals surface area (Å²) in [6.45, 7) is 0. The lowest BCUT2D eigenvalue weighted by Crippen LogP contribution is -2.27. The van der Waals surface area contributed by atoms with Crippen LogP contribution in [0.1, 0.15) is 45.8 Å². The second-order valence-corrected chi connectivity index (χ2v) is 9.83. The third-order valence-corrected chi connectivity index (χ3v) is 6.70. The Balaban J connectivity index is 1.69. The van der Waals surface area contributed by atoms with Crippen molar-refractivity contribution in [3.63, 3.8) is 0 Å². The molecule has 3 aromatic rings. The summed E-state index contributed by atoms with van der Waals surface area (Å²) in [5.74, 6) is -6.31. The molecule has 0 saturated heterocycles. The zero-order chi connectivity index (χ0) is 26.2. The molecule has 0 unspecified atom stereocenters. The number of carbonyl (C=O) groups is 1. The second-order valence-electron chi connectivity index (χ2n) is 8.21. The number of primary amides is 1. The average Bonchev–Trinajstić information content (AvgIpc) is 3.67. The molecule has 0 atom stereocenters. The van der Waals surface area contributed by atoms with Gasteiger partial charge in [-0.3, -0.25) is 9.52 Å². The molecule has 1 aliphatic rings. The standard InChI is InChI=1S/C23H21F4N5O3S/c1-29-36(34,35)32-23-19(26)13(6-7-30-23)8-14-9-15(22(28)33)21(20(27)18(14)25)31-17-5-4-12(10-16(17)24)11-2-3-11/h4-7,9-11,29,31H,2-3,8H2,1H3,(H2,28,33)(H,30,32). The molecule has 0 aliphatic heterocycles. The van der Waals surface area contributed by atoms with Crippen molar-refractivity contribution in [3.05, 3.63) is 82.1 Å². The van der Waals surface area contributed by atoms with Crippen molar-refractivity contribution >= 4 is 33.3 Å². The summed E-state index contributed by atoms with van der Waals surface area (Å²) in [5, 5.41) is 2.40. The normalized spacial score (nSPS) is 13.5. The van der Waals surface area contributed by atoms with Crippen molar-refractivity contribution in [2.45, 2.75) is 25.2 Å². The monoisotopic (exact) mass is 523 g/mol. The van der Waals surface area contributed by atoms with Gasteiger partial charge in [-0.05, 0) is 59.7 Å². The third kappa shape index (κ3) is 5.26. The molecule has 36 heavy (non-hydrogen) atoms. The first kappa shape index (κ1) is 25.4. The minimum atomic E-state index is -4.10. The van der Waals surface area contributed by atoms with E-state index in [-0.39, 0.29) is 17.2 Å². The Morgan fingerprint density at radius 2 is 1.78 bits per heavy atom. The summed E-state index contributed by atoms with van der Waals surface area (Å²) >= 11 is 0. The van der Waals surface area contributed by atoms with Gasteiger partial charge in [0.15, 0.2) is 23.3 Å². The number of amides is 1. The number of aromatic nitrogens is 1. The summed E-state index contributed by atoms with van der Waals surface area (Å²) in [6.07, 6.45) is 2.39. The van der Waals surface area contributed by atoms with Crippen molar-refractivity contribution in [3.8, 4) is 0 Å². The molecular weight excluding hydrogens is 502 g/mol. The molecule has 1 heterocycles. The Bertz CT molecular complexity index is 1460. The van der Waals surface area contributed by atoms with Gasteiger partial charge in [-0.1, -0.05) is 6.07 Å². The number of anilines is 3. The molecule has 2 aromatic carbocycles. The minimum Gasteiger partial charge on any atom is -0.366 e. The van der Waals surface area contributed by atoms with Gasteiger partial charge in [-0.25, -0.2) is 27.3 Å². The maximum absolute atomic E-state index is 15.1. The van der Waals surface area contributed by atoms with Crippen molar-refractivity contribution < 1.29 is 30.8 Å². The number of benzene rings is 2. The van der Waals surface area contributed by atoms with Gasteiger partial charge in [-0.2, -0.15) is 8.42 Å². The lowest BCUT2D eigenvalue weighted by atomic mass is 9.99. The Hall–Kier alpha value is -3.71.